The zero-order valence-electron chi connectivity index (χ0n) is 9.32. The highest BCUT2D eigenvalue weighted by Gasteiger charge is 2.12. The molecule has 0 saturated carbocycles. The average molecular weight is 271 g/mol. The van der Waals surface area contributed by atoms with Crippen LogP contribution in [-0.2, 0) is 14.8 Å². The van der Waals surface area contributed by atoms with Crippen molar-refractivity contribution in [2.75, 3.05) is 51.0 Å². The minimum absolute atomic E-state index is 0.111. The SMILES string of the molecule is O=S(=O)(CCCCl)NCCN1CCOCC1. The number of rotatable bonds is 7. The van der Waals surface area contributed by atoms with Gasteiger partial charge in [0.05, 0.1) is 19.0 Å². The summed E-state index contributed by atoms with van der Waals surface area (Å²) in [5.74, 6) is 0.490. The number of sulfonamides is 1. The summed E-state index contributed by atoms with van der Waals surface area (Å²) in [6.07, 6.45) is 0.494. The number of morpholine rings is 1. The molecular weight excluding hydrogens is 252 g/mol. The fourth-order valence-corrected chi connectivity index (χ4v) is 2.86. The summed E-state index contributed by atoms with van der Waals surface area (Å²) in [5.41, 5.74) is 0. The standard InChI is InChI=1S/C9H19ClN2O3S/c10-2-1-9-16(13,14)11-3-4-12-5-7-15-8-6-12/h11H,1-9H2. The molecule has 0 amide bonds. The minimum atomic E-state index is -3.14. The fraction of sp³-hybridized carbons (Fsp3) is 1.00. The van der Waals surface area contributed by atoms with Crippen molar-refractivity contribution in [3.05, 3.63) is 0 Å². The van der Waals surface area contributed by atoms with Crippen LogP contribution in [0.3, 0.4) is 0 Å². The van der Waals surface area contributed by atoms with E-state index in [2.05, 4.69) is 9.62 Å². The Morgan fingerprint density at radius 2 is 2.00 bits per heavy atom. The van der Waals surface area contributed by atoms with E-state index < -0.39 is 10.0 Å². The Morgan fingerprint density at radius 3 is 2.62 bits per heavy atom. The zero-order valence-corrected chi connectivity index (χ0v) is 10.9. The van der Waals surface area contributed by atoms with Crippen LogP contribution in [0, 0.1) is 0 Å². The van der Waals surface area contributed by atoms with Crippen molar-refractivity contribution in [3.8, 4) is 0 Å². The second-order valence-electron chi connectivity index (χ2n) is 3.71. The first-order valence-electron chi connectivity index (χ1n) is 5.47. The van der Waals surface area contributed by atoms with Crippen LogP contribution in [0.5, 0.6) is 0 Å². The third-order valence-electron chi connectivity index (χ3n) is 2.40. The lowest BCUT2D eigenvalue weighted by atomic mass is 10.4. The molecule has 0 aliphatic carbocycles. The first-order chi connectivity index (χ1) is 7.64. The van der Waals surface area contributed by atoms with Gasteiger partial charge < -0.3 is 4.74 Å². The van der Waals surface area contributed by atoms with Crippen LogP contribution < -0.4 is 4.72 Å². The highest BCUT2D eigenvalue weighted by Crippen LogP contribution is 1.96. The largest absolute Gasteiger partial charge is 0.379 e. The second kappa shape index (κ2) is 7.45. The molecular formula is C9H19ClN2O3S. The number of nitrogens with zero attached hydrogens (tertiary/aromatic N) is 1. The first kappa shape index (κ1) is 14.2. The Morgan fingerprint density at radius 1 is 1.31 bits per heavy atom. The number of hydrogen-bond donors (Lipinski definition) is 1. The highest BCUT2D eigenvalue weighted by atomic mass is 35.5. The van der Waals surface area contributed by atoms with Gasteiger partial charge in [-0.3, -0.25) is 4.90 Å². The predicted molar refractivity (Wildman–Crippen MR) is 64.4 cm³/mol. The monoisotopic (exact) mass is 270 g/mol. The molecule has 0 spiro atoms. The predicted octanol–water partition coefficient (Wildman–Crippen LogP) is -0.133. The molecule has 0 atom stereocenters. The Hall–Kier alpha value is 0.120. The maximum Gasteiger partial charge on any atom is 0.211 e. The van der Waals surface area contributed by atoms with Gasteiger partial charge in [0.15, 0.2) is 0 Å². The summed E-state index contributed by atoms with van der Waals surface area (Å²) in [6, 6.07) is 0. The average Bonchev–Trinajstić information content (AvgIpc) is 2.28. The van der Waals surface area contributed by atoms with Crippen molar-refractivity contribution >= 4 is 21.6 Å². The lowest BCUT2D eigenvalue weighted by Gasteiger charge is -2.26. The number of hydrogen-bond acceptors (Lipinski definition) is 4. The lowest BCUT2D eigenvalue weighted by Crippen LogP contribution is -2.41. The molecule has 16 heavy (non-hydrogen) atoms. The first-order valence-corrected chi connectivity index (χ1v) is 7.66. The second-order valence-corrected chi connectivity index (χ2v) is 6.01. The van der Waals surface area contributed by atoms with Crippen molar-refractivity contribution in [1.29, 1.82) is 0 Å². The molecule has 96 valence electrons. The van der Waals surface area contributed by atoms with Crippen LogP contribution in [0.2, 0.25) is 0 Å². The smallest absolute Gasteiger partial charge is 0.211 e. The Balaban J connectivity index is 2.13. The van der Waals surface area contributed by atoms with Gasteiger partial charge in [0.2, 0.25) is 10.0 Å². The van der Waals surface area contributed by atoms with Crippen molar-refractivity contribution < 1.29 is 13.2 Å². The van der Waals surface area contributed by atoms with Gasteiger partial charge in [-0.2, -0.15) is 0 Å². The maximum absolute atomic E-state index is 11.4. The molecule has 0 aromatic rings. The summed E-state index contributed by atoms with van der Waals surface area (Å²) >= 11 is 5.45. The van der Waals surface area contributed by atoms with Gasteiger partial charge in [0, 0.05) is 32.1 Å². The van der Waals surface area contributed by atoms with Gasteiger partial charge in [0.25, 0.3) is 0 Å². The number of halogens is 1. The van der Waals surface area contributed by atoms with Gasteiger partial charge >= 0.3 is 0 Å². The van der Waals surface area contributed by atoms with Crippen LogP contribution in [0.15, 0.2) is 0 Å². The van der Waals surface area contributed by atoms with Gasteiger partial charge in [-0.15, -0.1) is 11.6 Å². The highest BCUT2D eigenvalue weighted by molar-refractivity contribution is 7.89. The van der Waals surface area contributed by atoms with E-state index in [1.54, 1.807) is 0 Å². The summed E-state index contributed by atoms with van der Waals surface area (Å²) in [7, 11) is -3.14. The number of ether oxygens (including phenoxy) is 1. The molecule has 5 nitrogen and oxygen atoms in total. The van der Waals surface area contributed by atoms with Crippen molar-refractivity contribution in [3.63, 3.8) is 0 Å². The molecule has 0 aromatic heterocycles. The van der Waals surface area contributed by atoms with Crippen molar-refractivity contribution in [1.82, 2.24) is 9.62 Å². The van der Waals surface area contributed by atoms with E-state index in [9.17, 15) is 8.42 Å². The third-order valence-corrected chi connectivity index (χ3v) is 4.14. The molecule has 1 heterocycles. The molecule has 1 fully saturated rings. The molecule has 1 aliphatic heterocycles. The van der Waals surface area contributed by atoms with E-state index in [-0.39, 0.29) is 5.75 Å². The molecule has 1 saturated heterocycles. The normalized spacial score (nSPS) is 18.8. The lowest BCUT2D eigenvalue weighted by molar-refractivity contribution is 0.0390. The van der Waals surface area contributed by atoms with Crippen LogP contribution >= 0.6 is 11.6 Å². The summed E-state index contributed by atoms with van der Waals surface area (Å²) < 4.78 is 30.6. The molecule has 7 heteroatoms. The zero-order chi connectivity index (χ0) is 11.9. The van der Waals surface area contributed by atoms with Gasteiger partial charge in [0.1, 0.15) is 0 Å². The molecule has 0 aromatic carbocycles. The van der Waals surface area contributed by atoms with Gasteiger partial charge in [-0.1, -0.05) is 0 Å². The number of nitrogens with one attached hydrogen (secondary N) is 1. The van der Waals surface area contributed by atoms with Crippen molar-refractivity contribution in [2.24, 2.45) is 0 Å². The Kier molecular flexibility index (Phi) is 6.60. The summed E-state index contributed by atoms with van der Waals surface area (Å²) in [6.45, 7) is 4.43. The molecule has 0 radical (unpaired) electrons. The van der Waals surface area contributed by atoms with E-state index in [1.807, 2.05) is 0 Å². The van der Waals surface area contributed by atoms with E-state index in [0.717, 1.165) is 32.8 Å². The summed E-state index contributed by atoms with van der Waals surface area (Å²) in [4.78, 5) is 2.19. The molecule has 1 N–H and O–H groups in total. The van der Waals surface area contributed by atoms with Gasteiger partial charge in [-0.25, -0.2) is 13.1 Å². The Labute approximate surface area is 102 Å². The number of alkyl halides is 1. The molecule has 0 unspecified atom stereocenters. The van der Waals surface area contributed by atoms with Crippen LogP contribution in [-0.4, -0.2) is 64.3 Å². The summed E-state index contributed by atoms with van der Waals surface area (Å²) in [5, 5.41) is 0. The molecule has 1 aliphatic rings. The Bertz CT molecular complexity index is 278. The quantitative estimate of drug-likeness (QED) is 0.655. The van der Waals surface area contributed by atoms with E-state index in [0.29, 0.717) is 18.8 Å². The van der Waals surface area contributed by atoms with Crippen LogP contribution in [0.1, 0.15) is 6.42 Å². The van der Waals surface area contributed by atoms with E-state index in [4.69, 9.17) is 16.3 Å². The van der Waals surface area contributed by atoms with Gasteiger partial charge in [-0.05, 0) is 6.42 Å². The maximum atomic E-state index is 11.4. The molecule has 1 rings (SSSR count). The van der Waals surface area contributed by atoms with Crippen LogP contribution in [0.25, 0.3) is 0 Å². The molecule has 0 bridgehead atoms. The van der Waals surface area contributed by atoms with Crippen molar-refractivity contribution in [2.45, 2.75) is 6.42 Å². The topological polar surface area (TPSA) is 58.6 Å². The minimum Gasteiger partial charge on any atom is -0.379 e. The van der Waals surface area contributed by atoms with E-state index in [1.165, 1.54) is 0 Å². The fourth-order valence-electron chi connectivity index (χ4n) is 1.50. The third kappa shape index (κ3) is 6.00. The van der Waals surface area contributed by atoms with E-state index >= 15 is 0 Å². The van der Waals surface area contributed by atoms with Crippen LogP contribution in [0.4, 0.5) is 0 Å².